The van der Waals surface area contributed by atoms with E-state index in [1.165, 1.54) is 12.8 Å². The minimum Gasteiger partial charge on any atom is -0.336 e. The summed E-state index contributed by atoms with van der Waals surface area (Å²) >= 11 is 0. The summed E-state index contributed by atoms with van der Waals surface area (Å²) in [5, 5.41) is 0. The highest BCUT2D eigenvalue weighted by Gasteiger charge is 2.51. The number of carbonyl (C=O) groups excluding carboxylic acids is 2. The van der Waals surface area contributed by atoms with E-state index < -0.39 is 18.0 Å². The highest BCUT2D eigenvalue weighted by atomic mass is 16.8. The molecule has 1 heterocycles. The molecule has 23 heavy (non-hydrogen) atoms. The number of ketones is 2. The van der Waals surface area contributed by atoms with Crippen molar-refractivity contribution in [3.63, 3.8) is 0 Å². The minimum absolute atomic E-state index is 0.0490. The van der Waals surface area contributed by atoms with Gasteiger partial charge in [-0.2, -0.15) is 0 Å². The first kappa shape index (κ1) is 17.1. The Morgan fingerprint density at radius 1 is 0.696 bits per heavy atom. The Kier molecular flexibility index (Phi) is 5.22. The zero-order valence-electron chi connectivity index (χ0n) is 14.5. The average Bonchev–Trinajstić information content (AvgIpc) is 2.91. The van der Waals surface area contributed by atoms with E-state index >= 15 is 0 Å². The highest BCUT2D eigenvalue weighted by Crippen LogP contribution is 2.37. The minimum atomic E-state index is -0.843. The van der Waals surface area contributed by atoms with E-state index in [1.807, 2.05) is 13.8 Å². The van der Waals surface area contributed by atoms with Gasteiger partial charge in [-0.3, -0.25) is 9.59 Å². The first-order valence-electron chi connectivity index (χ1n) is 9.41. The average molecular weight is 322 g/mol. The van der Waals surface area contributed by atoms with Crippen LogP contribution in [-0.4, -0.2) is 29.6 Å². The first-order chi connectivity index (χ1) is 11.0. The summed E-state index contributed by atoms with van der Waals surface area (Å²) in [4.78, 5) is 25.9. The van der Waals surface area contributed by atoms with E-state index in [1.54, 1.807) is 0 Å². The standard InChI is InChI=1S/C19H30O4/c1-19(2)22-17(15(20)13-9-5-3-6-10-13)18(23-19)16(21)14-11-7-4-8-12-14/h13-14,17-18H,3-12H2,1-2H3/t17-,18-/m1/s1. The van der Waals surface area contributed by atoms with Crippen LogP contribution in [0.2, 0.25) is 0 Å². The smallest absolute Gasteiger partial charge is 0.167 e. The van der Waals surface area contributed by atoms with Gasteiger partial charge in [-0.15, -0.1) is 0 Å². The Morgan fingerprint density at radius 2 is 1.04 bits per heavy atom. The molecule has 2 atom stereocenters. The third-order valence-electron chi connectivity index (χ3n) is 5.67. The van der Waals surface area contributed by atoms with Crippen molar-refractivity contribution < 1.29 is 19.1 Å². The van der Waals surface area contributed by atoms with Crippen molar-refractivity contribution in [2.75, 3.05) is 0 Å². The molecule has 2 saturated carbocycles. The molecule has 0 aromatic heterocycles. The van der Waals surface area contributed by atoms with Crippen molar-refractivity contribution in [1.29, 1.82) is 0 Å². The molecule has 3 aliphatic rings. The molecule has 4 nitrogen and oxygen atoms in total. The molecule has 0 radical (unpaired) electrons. The van der Waals surface area contributed by atoms with Crippen LogP contribution >= 0.6 is 0 Å². The van der Waals surface area contributed by atoms with Crippen LogP contribution in [0.15, 0.2) is 0 Å². The van der Waals surface area contributed by atoms with Gasteiger partial charge in [-0.05, 0) is 39.5 Å². The number of carbonyl (C=O) groups is 2. The van der Waals surface area contributed by atoms with Crippen molar-refractivity contribution in [2.45, 2.75) is 96.1 Å². The molecule has 0 unspecified atom stereocenters. The van der Waals surface area contributed by atoms with Gasteiger partial charge in [0.2, 0.25) is 0 Å². The summed E-state index contributed by atoms with van der Waals surface area (Å²) in [5.41, 5.74) is 0. The number of Topliss-reactive ketones (excluding diaryl/α,β-unsaturated/α-hetero) is 2. The van der Waals surface area contributed by atoms with Crippen LogP contribution < -0.4 is 0 Å². The molecule has 3 rings (SSSR count). The Hall–Kier alpha value is -0.740. The van der Waals surface area contributed by atoms with Gasteiger partial charge in [0.15, 0.2) is 29.6 Å². The Bertz CT molecular complexity index is 404. The largest absolute Gasteiger partial charge is 0.336 e. The van der Waals surface area contributed by atoms with Crippen LogP contribution in [0.3, 0.4) is 0 Å². The predicted octanol–water partition coefficient (Wildman–Crippen LogP) is 3.81. The molecule has 3 fully saturated rings. The normalized spacial score (nSPS) is 32.8. The summed E-state index contributed by atoms with van der Waals surface area (Å²) < 4.78 is 11.8. The number of hydrogen-bond donors (Lipinski definition) is 0. The molecule has 0 aromatic carbocycles. The molecule has 130 valence electrons. The molecule has 0 N–H and O–H groups in total. The Morgan fingerprint density at radius 3 is 1.39 bits per heavy atom. The monoisotopic (exact) mass is 322 g/mol. The zero-order valence-corrected chi connectivity index (χ0v) is 14.5. The SMILES string of the molecule is CC1(C)O[C@H](C(=O)C2CCCCC2)[C@@H](C(=O)C2CCCCC2)O1. The second-order valence-corrected chi connectivity index (χ2v) is 7.95. The van der Waals surface area contributed by atoms with Crippen LogP contribution in [0.25, 0.3) is 0 Å². The maximum Gasteiger partial charge on any atom is 0.167 e. The second kappa shape index (κ2) is 7.02. The third-order valence-corrected chi connectivity index (χ3v) is 5.67. The molecule has 0 aromatic rings. The van der Waals surface area contributed by atoms with Gasteiger partial charge in [0.05, 0.1) is 0 Å². The van der Waals surface area contributed by atoms with Crippen molar-refractivity contribution in [2.24, 2.45) is 11.8 Å². The van der Waals surface area contributed by atoms with Crippen LogP contribution in [0, 0.1) is 11.8 Å². The molecule has 1 aliphatic heterocycles. The molecule has 0 spiro atoms. The molecular formula is C19H30O4. The van der Waals surface area contributed by atoms with Gasteiger partial charge in [-0.1, -0.05) is 38.5 Å². The summed E-state index contributed by atoms with van der Waals surface area (Å²) in [5.74, 6) is -0.543. The molecule has 0 bridgehead atoms. The van der Waals surface area contributed by atoms with Gasteiger partial charge in [0, 0.05) is 11.8 Å². The second-order valence-electron chi connectivity index (χ2n) is 7.95. The molecule has 1 saturated heterocycles. The lowest BCUT2D eigenvalue weighted by molar-refractivity contribution is -0.161. The van der Waals surface area contributed by atoms with Crippen molar-refractivity contribution in [1.82, 2.24) is 0 Å². The lowest BCUT2D eigenvalue weighted by atomic mass is 9.80. The van der Waals surface area contributed by atoms with Gasteiger partial charge in [0.25, 0.3) is 0 Å². The Labute approximate surface area is 139 Å². The van der Waals surface area contributed by atoms with Crippen LogP contribution in [0.1, 0.15) is 78.1 Å². The zero-order chi connectivity index (χ0) is 16.4. The number of rotatable bonds is 4. The Balaban J connectivity index is 1.73. The summed E-state index contributed by atoms with van der Waals surface area (Å²) in [6.07, 6.45) is 9.19. The quantitative estimate of drug-likeness (QED) is 0.790. The summed E-state index contributed by atoms with van der Waals surface area (Å²) in [6, 6.07) is 0. The van der Waals surface area contributed by atoms with Gasteiger partial charge in [0.1, 0.15) is 0 Å². The third kappa shape index (κ3) is 3.85. The fourth-order valence-corrected chi connectivity index (χ4v) is 4.42. The van der Waals surface area contributed by atoms with Crippen LogP contribution in [0.5, 0.6) is 0 Å². The lowest BCUT2D eigenvalue weighted by Crippen LogP contribution is -2.43. The fourth-order valence-electron chi connectivity index (χ4n) is 4.42. The fraction of sp³-hybridized carbons (Fsp3) is 0.895. The molecular weight excluding hydrogens is 292 g/mol. The maximum atomic E-state index is 12.9. The van der Waals surface area contributed by atoms with Crippen LogP contribution in [0.4, 0.5) is 0 Å². The van der Waals surface area contributed by atoms with E-state index in [-0.39, 0.29) is 23.4 Å². The lowest BCUT2D eigenvalue weighted by Gasteiger charge is -2.27. The molecule has 2 aliphatic carbocycles. The first-order valence-corrected chi connectivity index (χ1v) is 9.41. The molecule has 4 heteroatoms. The van der Waals surface area contributed by atoms with Crippen molar-refractivity contribution in [3.05, 3.63) is 0 Å². The van der Waals surface area contributed by atoms with E-state index in [0.717, 1.165) is 51.4 Å². The predicted molar refractivity (Wildman–Crippen MR) is 87.0 cm³/mol. The van der Waals surface area contributed by atoms with Crippen molar-refractivity contribution >= 4 is 11.6 Å². The maximum absolute atomic E-state index is 12.9. The topological polar surface area (TPSA) is 52.6 Å². The van der Waals surface area contributed by atoms with Gasteiger partial charge in [-0.25, -0.2) is 0 Å². The van der Waals surface area contributed by atoms with Crippen molar-refractivity contribution in [3.8, 4) is 0 Å². The van der Waals surface area contributed by atoms with Crippen LogP contribution in [-0.2, 0) is 19.1 Å². The van der Waals surface area contributed by atoms with E-state index in [9.17, 15) is 9.59 Å². The van der Waals surface area contributed by atoms with Gasteiger partial charge < -0.3 is 9.47 Å². The van der Waals surface area contributed by atoms with Gasteiger partial charge >= 0.3 is 0 Å². The van der Waals surface area contributed by atoms with E-state index in [0.29, 0.717) is 0 Å². The number of ether oxygens (including phenoxy) is 2. The van der Waals surface area contributed by atoms with E-state index in [4.69, 9.17) is 9.47 Å². The highest BCUT2D eigenvalue weighted by molar-refractivity contribution is 5.95. The number of hydrogen-bond acceptors (Lipinski definition) is 4. The molecule has 0 amide bonds. The summed E-state index contributed by atoms with van der Waals surface area (Å²) in [6.45, 7) is 3.62. The summed E-state index contributed by atoms with van der Waals surface area (Å²) in [7, 11) is 0. The van der Waals surface area contributed by atoms with E-state index in [2.05, 4.69) is 0 Å².